The molecule has 0 radical (unpaired) electrons. The van der Waals surface area contributed by atoms with E-state index in [0.29, 0.717) is 16.6 Å². The molecule has 2 aromatic carbocycles. The van der Waals surface area contributed by atoms with Crippen molar-refractivity contribution in [1.29, 1.82) is 0 Å². The Labute approximate surface area is 183 Å². The third-order valence-corrected chi connectivity index (χ3v) is 6.93. The monoisotopic (exact) mass is 430 g/mol. The van der Waals surface area contributed by atoms with Gasteiger partial charge in [-0.1, -0.05) is 41.4 Å². The van der Waals surface area contributed by atoms with Crippen LogP contribution >= 0.6 is 23.2 Å². The molecule has 1 aliphatic carbocycles. The molecular formula is C24H28Cl2N2O. The van der Waals surface area contributed by atoms with Gasteiger partial charge in [-0.15, -0.1) is 0 Å². The van der Waals surface area contributed by atoms with Gasteiger partial charge in [0.15, 0.2) is 0 Å². The maximum Gasteiger partial charge on any atom is 0.251 e. The molecule has 1 saturated carbocycles. The normalized spacial score (nSPS) is 23.2. The molecular weight excluding hydrogens is 403 g/mol. The summed E-state index contributed by atoms with van der Waals surface area (Å²) in [6, 6.07) is 16.1. The van der Waals surface area contributed by atoms with Crippen molar-refractivity contribution in [2.24, 2.45) is 5.92 Å². The Morgan fingerprint density at radius 3 is 2.45 bits per heavy atom. The summed E-state index contributed by atoms with van der Waals surface area (Å²) in [4.78, 5) is 15.3. The highest BCUT2D eigenvalue weighted by Gasteiger charge is 2.35. The zero-order valence-electron chi connectivity index (χ0n) is 16.6. The molecule has 0 bridgehead atoms. The minimum absolute atomic E-state index is 0.0120. The van der Waals surface area contributed by atoms with Crippen molar-refractivity contribution >= 4 is 29.1 Å². The van der Waals surface area contributed by atoms with Crippen molar-refractivity contribution in [1.82, 2.24) is 10.2 Å². The zero-order valence-corrected chi connectivity index (χ0v) is 18.1. The first kappa shape index (κ1) is 20.7. The summed E-state index contributed by atoms with van der Waals surface area (Å²) in [6.07, 6.45) is 6.96. The number of benzene rings is 2. The molecule has 2 atom stereocenters. The van der Waals surface area contributed by atoms with Gasteiger partial charge in [-0.2, -0.15) is 0 Å². The predicted octanol–water partition coefficient (Wildman–Crippen LogP) is 5.60. The molecule has 1 aliphatic heterocycles. The highest BCUT2D eigenvalue weighted by Crippen LogP contribution is 2.30. The average Bonchev–Trinajstić information content (AvgIpc) is 3.18. The molecule has 1 saturated heterocycles. The molecule has 1 heterocycles. The molecule has 154 valence electrons. The molecule has 0 spiro atoms. The Bertz CT molecular complexity index is 831. The fourth-order valence-corrected chi connectivity index (χ4v) is 5.19. The van der Waals surface area contributed by atoms with Crippen molar-refractivity contribution in [3.63, 3.8) is 0 Å². The summed E-state index contributed by atoms with van der Waals surface area (Å²) >= 11 is 12.0. The number of carbonyl (C=O) groups excluding carboxylic acids is 1. The van der Waals surface area contributed by atoms with Gasteiger partial charge in [0.1, 0.15) is 0 Å². The minimum atomic E-state index is -0.0120. The summed E-state index contributed by atoms with van der Waals surface area (Å²) in [5.74, 6) is 0.718. The summed E-state index contributed by atoms with van der Waals surface area (Å²) in [5, 5.41) is 4.68. The standard InChI is InChI=1S/C24H28Cl2N2O/c25-20-9-7-17(8-10-20)15-18-11-13-28(14-12-18)23-6-2-5-22(23)27-24(29)19-3-1-4-21(26)16-19/h1,3-4,7-10,16,18,22-23H,2,5-6,11-15H2,(H,27,29). The van der Waals surface area contributed by atoms with Crippen LogP contribution in [0.2, 0.25) is 10.0 Å². The lowest BCUT2D eigenvalue weighted by Crippen LogP contribution is -2.51. The third kappa shape index (κ3) is 5.33. The summed E-state index contributed by atoms with van der Waals surface area (Å²) < 4.78 is 0. The first-order valence-corrected chi connectivity index (χ1v) is 11.4. The topological polar surface area (TPSA) is 32.3 Å². The number of hydrogen-bond acceptors (Lipinski definition) is 2. The number of nitrogens with zero attached hydrogens (tertiary/aromatic N) is 1. The predicted molar refractivity (Wildman–Crippen MR) is 120 cm³/mol. The first-order chi connectivity index (χ1) is 14.1. The second-order valence-corrected chi connectivity index (χ2v) is 9.27. The van der Waals surface area contributed by atoms with Crippen LogP contribution in [-0.4, -0.2) is 36.0 Å². The second kappa shape index (κ2) is 9.51. The molecule has 2 fully saturated rings. The largest absolute Gasteiger partial charge is 0.348 e. The van der Waals surface area contributed by atoms with Gasteiger partial charge < -0.3 is 5.32 Å². The minimum Gasteiger partial charge on any atom is -0.348 e. The van der Waals surface area contributed by atoms with Crippen LogP contribution in [0.15, 0.2) is 48.5 Å². The van der Waals surface area contributed by atoms with Gasteiger partial charge in [0, 0.05) is 27.7 Å². The van der Waals surface area contributed by atoms with E-state index < -0.39 is 0 Å². The van der Waals surface area contributed by atoms with Crippen LogP contribution in [0.25, 0.3) is 0 Å². The van der Waals surface area contributed by atoms with Crippen LogP contribution in [0.4, 0.5) is 0 Å². The Balaban J connectivity index is 1.30. The van der Waals surface area contributed by atoms with Crippen LogP contribution in [0.1, 0.15) is 48.0 Å². The van der Waals surface area contributed by atoms with E-state index in [0.717, 1.165) is 36.9 Å². The number of piperidine rings is 1. The van der Waals surface area contributed by atoms with Gasteiger partial charge in [-0.3, -0.25) is 9.69 Å². The molecule has 5 heteroatoms. The Kier molecular flexibility index (Phi) is 6.79. The number of hydrogen-bond donors (Lipinski definition) is 1. The molecule has 1 amide bonds. The smallest absolute Gasteiger partial charge is 0.251 e. The number of carbonyl (C=O) groups is 1. The summed E-state index contributed by atoms with van der Waals surface area (Å²) in [7, 11) is 0. The van der Waals surface area contributed by atoms with Crippen molar-refractivity contribution in [2.75, 3.05) is 13.1 Å². The van der Waals surface area contributed by atoms with Gasteiger partial charge in [0.2, 0.25) is 0 Å². The highest BCUT2D eigenvalue weighted by atomic mass is 35.5. The SMILES string of the molecule is O=C(NC1CCCC1N1CCC(Cc2ccc(Cl)cc2)CC1)c1cccc(Cl)c1. The van der Waals surface area contributed by atoms with Crippen molar-refractivity contribution in [3.8, 4) is 0 Å². The molecule has 29 heavy (non-hydrogen) atoms. The Morgan fingerprint density at radius 2 is 1.72 bits per heavy atom. The van der Waals surface area contributed by atoms with Crippen molar-refractivity contribution in [2.45, 2.75) is 50.6 Å². The van der Waals surface area contributed by atoms with E-state index in [1.807, 2.05) is 24.3 Å². The third-order valence-electron chi connectivity index (χ3n) is 6.44. The Morgan fingerprint density at radius 1 is 0.966 bits per heavy atom. The maximum atomic E-state index is 12.7. The fourth-order valence-electron chi connectivity index (χ4n) is 4.87. The molecule has 2 aliphatic rings. The summed E-state index contributed by atoms with van der Waals surface area (Å²) in [5.41, 5.74) is 2.02. The average molecular weight is 431 g/mol. The molecule has 2 aromatic rings. The molecule has 3 nitrogen and oxygen atoms in total. The van der Waals surface area contributed by atoms with E-state index in [4.69, 9.17) is 23.2 Å². The van der Waals surface area contributed by atoms with Crippen LogP contribution in [0.5, 0.6) is 0 Å². The van der Waals surface area contributed by atoms with E-state index in [1.54, 1.807) is 12.1 Å². The van der Waals surface area contributed by atoms with Crippen molar-refractivity contribution in [3.05, 3.63) is 69.7 Å². The Hall–Kier alpha value is -1.55. The fraction of sp³-hybridized carbons (Fsp3) is 0.458. The molecule has 1 N–H and O–H groups in total. The zero-order chi connectivity index (χ0) is 20.2. The lowest BCUT2D eigenvalue weighted by molar-refractivity contribution is 0.0862. The van der Waals surface area contributed by atoms with E-state index in [2.05, 4.69) is 22.3 Å². The van der Waals surface area contributed by atoms with Gasteiger partial charge >= 0.3 is 0 Å². The number of likely N-dealkylation sites (tertiary alicyclic amines) is 1. The van der Waals surface area contributed by atoms with Crippen molar-refractivity contribution < 1.29 is 4.79 Å². The highest BCUT2D eigenvalue weighted by molar-refractivity contribution is 6.31. The molecule has 2 unspecified atom stereocenters. The van der Waals surface area contributed by atoms with E-state index in [1.165, 1.54) is 31.2 Å². The molecule has 0 aromatic heterocycles. The molecule has 4 rings (SSSR count). The van der Waals surface area contributed by atoms with Crippen LogP contribution in [-0.2, 0) is 6.42 Å². The van der Waals surface area contributed by atoms with Gasteiger partial charge in [0.25, 0.3) is 5.91 Å². The number of amides is 1. The first-order valence-electron chi connectivity index (χ1n) is 10.6. The van der Waals surface area contributed by atoms with Gasteiger partial charge in [-0.25, -0.2) is 0 Å². The quantitative estimate of drug-likeness (QED) is 0.669. The van der Waals surface area contributed by atoms with E-state index >= 15 is 0 Å². The van der Waals surface area contributed by atoms with Crippen LogP contribution < -0.4 is 5.32 Å². The van der Waals surface area contributed by atoms with Gasteiger partial charge in [0.05, 0.1) is 0 Å². The number of nitrogens with one attached hydrogen (secondary N) is 1. The van der Waals surface area contributed by atoms with Crippen LogP contribution in [0, 0.1) is 5.92 Å². The number of rotatable bonds is 5. The van der Waals surface area contributed by atoms with E-state index in [-0.39, 0.29) is 11.9 Å². The maximum absolute atomic E-state index is 12.7. The lowest BCUT2D eigenvalue weighted by Gasteiger charge is -2.38. The second-order valence-electron chi connectivity index (χ2n) is 8.40. The lowest BCUT2D eigenvalue weighted by atomic mass is 9.89. The van der Waals surface area contributed by atoms with E-state index in [9.17, 15) is 4.79 Å². The number of halogens is 2. The summed E-state index contributed by atoms with van der Waals surface area (Å²) in [6.45, 7) is 2.24. The van der Waals surface area contributed by atoms with Gasteiger partial charge in [-0.05, 0) is 93.4 Å². The van der Waals surface area contributed by atoms with Crippen LogP contribution in [0.3, 0.4) is 0 Å².